The highest BCUT2D eigenvalue weighted by Gasteiger charge is 2.09. The number of carbonyl (C=O) groups excluding carboxylic acids is 2. The third-order valence-corrected chi connectivity index (χ3v) is 3.14. The molecule has 0 aliphatic heterocycles. The van der Waals surface area contributed by atoms with Crippen molar-refractivity contribution >= 4 is 17.6 Å². The van der Waals surface area contributed by atoms with Crippen LogP contribution in [0.1, 0.15) is 11.1 Å². The van der Waals surface area contributed by atoms with E-state index in [0.717, 1.165) is 11.1 Å². The van der Waals surface area contributed by atoms with E-state index in [-0.39, 0.29) is 13.2 Å². The van der Waals surface area contributed by atoms with Gasteiger partial charge in [-0.3, -0.25) is 4.79 Å². The van der Waals surface area contributed by atoms with Crippen LogP contribution >= 0.6 is 0 Å². The van der Waals surface area contributed by atoms with E-state index in [2.05, 4.69) is 5.32 Å². The monoisotopic (exact) mass is 313 g/mol. The quantitative estimate of drug-likeness (QED) is 0.833. The van der Waals surface area contributed by atoms with E-state index in [9.17, 15) is 9.59 Å². The fraction of sp³-hybridized carbons (Fsp3) is 0.222. The lowest BCUT2D eigenvalue weighted by atomic mass is 10.2. The third-order valence-electron chi connectivity index (χ3n) is 3.14. The van der Waals surface area contributed by atoms with Gasteiger partial charge < -0.3 is 14.8 Å². The number of ether oxygens (including phenoxy) is 2. The molecule has 0 unspecified atom stereocenters. The standard InChI is InChI=1S/C18H19NO4/c1-13-7-9-15(10-8-13)19-17(20)11-23-18(21)12-22-16-6-4-3-5-14(16)2/h3-10H,11-12H2,1-2H3,(H,19,20). The minimum absolute atomic E-state index is 0.233. The van der Waals surface area contributed by atoms with Gasteiger partial charge in [0.2, 0.25) is 0 Å². The zero-order valence-electron chi connectivity index (χ0n) is 13.2. The van der Waals surface area contributed by atoms with Gasteiger partial charge in [-0.25, -0.2) is 4.79 Å². The van der Waals surface area contributed by atoms with Crippen LogP contribution in [0.2, 0.25) is 0 Å². The van der Waals surface area contributed by atoms with Crippen LogP contribution in [0, 0.1) is 13.8 Å². The maximum Gasteiger partial charge on any atom is 0.344 e. The fourth-order valence-electron chi connectivity index (χ4n) is 1.88. The van der Waals surface area contributed by atoms with Crippen LogP contribution in [0.15, 0.2) is 48.5 Å². The van der Waals surface area contributed by atoms with E-state index in [1.165, 1.54) is 0 Å². The van der Waals surface area contributed by atoms with Crippen molar-refractivity contribution in [3.63, 3.8) is 0 Å². The Labute approximate surface area is 135 Å². The molecule has 0 bridgehead atoms. The second-order valence-corrected chi connectivity index (χ2v) is 5.13. The van der Waals surface area contributed by atoms with E-state index < -0.39 is 11.9 Å². The summed E-state index contributed by atoms with van der Waals surface area (Å²) in [6.45, 7) is 3.27. The number of para-hydroxylation sites is 1. The molecule has 0 aromatic heterocycles. The molecule has 0 radical (unpaired) electrons. The topological polar surface area (TPSA) is 64.6 Å². The lowest BCUT2D eigenvalue weighted by molar-refractivity contribution is -0.149. The Hall–Kier alpha value is -2.82. The average Bonchev–Trinajstić information content (AvgIpc) is 2.54. The molecule has 2 aromatic rings. The van der Waals surface area contributed by atoms with Gasteiger partial charge in [0.1, 0.15) is 5.75 Å². The van der Waals surface area contributed by atoms with Crippen molar-refractivity contribution in [2.45, 2.75) is 13.8 Å². The highest BCUT2D eigenvalue weighted by atomic mass is 16.6. The van der Waals surface area contributed by atoms with E-state index in [1.807, 2.05) is 44.2 Å². The summed E-state index contributed by atoms with van der Waals surface area (Å²) in [5.41, 5.74) is 2.69. The van der Waals surface area contributed by atoms with Gasteiger partial charge in [-0.05, 0) is 37.6 Å². The second kappa shape index (κ2) is 7.98. The predicted octanol–water partition coefficient (Wildman–Crippen LogP) is 2.86. The van der Waals surface area contributed by atoms with Crippen LogP contribution in [0.5, 0.6) is 5.75 Å². The summed E-state index contributed by atoms with van der Waals surface area (Å²) in [6, 6.07) is 14.7. The molecule has 1 N–H and O–H groups in total. The minimum Gasteiger partial charge on any atom is -0.482 e. The van der Waals surface area contributed by atoms with Gasteiger partial charge in [0.15, 0.2) is 13.2 Å². The van der Waals surface area contributed by atoms with E-state index >= 15 is 0 Å². The lowest BCUT2D eigenvalue weighted by Gasteiger charge is -2.09. The van der Waals surface area contributed by atoms with Gasteiger partial charge in [-0.2, -0.15) is 0 Å². The summed E-state index contributed by atoms with van der Waals surface area (Å²) in [5, 5.41) is 2.65. The molecule has 2 aromatic carbocycles. The predicted molar refractivity (Wildman–Crippen MR) is 87.4 cm³/mol. The molecule has 0 aliphatic rings. The van der Waals surface area contributed by atoms with E-state index in [0.29, 0.717) is 11.4 Å². The molecule has 0 atom stereocenters. The Morgan fingerprint density at radius 2 is 1.65 bits per heavy atom. The van der Waals surface area contributed by atoms with Crippen molar-refractivity contribution in [1.29, 1.82) is 0 Å². The maximum atomic E-state index is 11.7. The van der Waals surface area contributed by atoms with Crippen molar-refractivity contribution in [3.05, 3.63) is 59.7 Å². The van der Waals surface area contributed by atoms with Gasteiger partial charge in [0, 0.05) is 5.69 Å². The third kappa shape index (κ3) is 5.47. The molecule has 2 rings (SSSR count). The SMILES string of the molecule is Cc1ccc(NC(=O)COC(=O)COc2ccccc2C)cc1. The first-order valence-corrected chi connectivity index (χ1v) is 7.25. The van der Waals surface area contributed by atoms with Crippen LogP contribution in [0.25, 0.3) is 0 Å². The first-order chi connectivity index (χ1) is 11.0. The summed E-state index contributed by atoms with van der Waals surface area (Å²) in [5.74, 6) is -0.362. The van der Waals surface area contributed by atoms with Crippen molar-refractivity contribution in [2.24, 2.45) is 0 Å². The normalized spacial score (nSPS) is 10.0. The molecular formula is C18H19NO4. The van der Waals surface area contributed by atoms with Gasteiger partial charge in [-0.1, -0.05) is 35.9 Å². The van der Waals surface area contributed by atoms with Crippen molar-refractivity contribution < 1.29 is 19.1 Å². The average molecular weight is 313 g/mol. The zero-order valence-corrected chi connectivity index (χ0v) is 13.2. The van der Waals surface area contributed by atoms with Gasteiger partial charge in [0.25, 0.3) is 5.91 Å². The first kappa shape index (κ1) is 16.5. The summed E-state index contributed by atoms with van der Waals surface area (Å²) >= 11 is 0. The molecule has 0 fully saturated rings. The second-order valence-electron chi connectivity index (χ2n) is 5.13. The number of anilines is 1. The van der Waals surface area contributed by atoms with Crippen molar-refractivity contribution in [3.8, 4) is 5.75 Å². The molecule has 0 aliphatic carbocycles. The number of amides is 1. The summed E-state index contributed by atoms with van der Waals surface area (Å²) in [6.07, 6.45) is 0. The number of nitrogens with one attached hydrogen (secondary N) is 1. The Morgan fingerprint density at radius 3 is 2.35 bits per heavy atom. The molecule has 120 valence electrons. The highest BCUT2D eigenvalue weighted by Crippen LogP contribution is 2.15. The first-order valence-electron chi connectivity index (χ1n) is 7.25. The molecule has 0 heterocycles. The van der Waals surface area contributed by atoms with Crippen LogP contribution in [0.3, 0.4) is 0 Å². The van der Waals surface area contributed by atoms with Gasteiger partial charge in [-0.15, -0.1) is 0 Å². The molecule has 0 saturated carbocycles. The molecule has 5 nitrogen and oxygen atoms in total. The molecular weight excluding hydrogens is 294 g/mol. The smallest absolute Gasteiger partial charge is 0.344 e. The maximum absolute atomic E-state index is 11.7. The van der Waals surface area contributed by atoms with Crippen LogP contribution < -0.4 is 10.1 Å². The van der Waals surface area contributed by atoms with Crippen LogP contribution in [0.4, 0.5) is 5.69 Å². The molecule has 1 amide bonds. The summed E-state index contributed by atoms with van der Waals surface area (Å²) in [7, 11) is 0. The highest BCUT2D eigenvalue weighted by molar-refractivity contribution is 5.92. The minimum atomic E-state index is -0.590. The summed E-state index contributed by atoms with van der Waals surface area (Å²) < 4.78 is 10.2. The number of hydrogen-bond donors (Lipinski definition) is 1. The number of benzene rings is 2. The Balaban J connectivity index is 1.72. The Kier molecular flexibility index (Phi) is 5.74. The fourth-order valence-corrected chi connectivity index (χ4v) is 1.88. The van der Waals surface area contributed by atoms with Gasteiger partial charge in [0.05, 0.1) is 0 Å². The molecule has 0 spiro atoms. The number of hydrogen-bond acceptors (Lipinski definition) is 4. The molecule has 23 heavy (non-hydrogen) atoms. The number of carbonyl (C=O) groups is 2. The Morgan fingerprint density at radius 1 is 0.957 bits per heavy atom. The number of aryl methyl sites for hydroxylation is 2. The number of esters is 1. The van der Waals surface area contributed by atoms with Crippen molar-refractivity contribution in [2.75, 3.05) is 18.5 Å². The lowest BCUT2D eigenvalue weighted by Crippen LogP contribution is -2.23. The van der Waals surface area contributed by atoms with Crippen molar-refractivity contribution in [1.82, 2.24) is 0 Å². The largest absolute Gasteiger partial charge is 0.482 e. The number of rotatable bonds is 6. The van der Waals surface area contributed by atoms with Crippen LogP contribution in [-0.4, -0.2) is 25.1 Å². The van der Waals surface area contributed by atoms with E-state index in [4.69, 9.17) is 9.47 Å². The van der Waals surface area contributed by atoms with E-state index in [1.54, 1.807) is 18.2 Å². The summed E-state index contributed by atoms with van der Waals surface area (Å²) in [4.78, 5) is 23.3. The molecule has 0 saturated heterocycles. The van der Waals surface area contributed by atoms with Crippen LogP contribution in [-0.2, 0) is 14.3 Å². The molecule has 5 heteroatoms. The Bertz CT molecular complexity index is 680. The van der Waals surface area contributed by atoms with Gasteiger partial charge >= 0.3 is 5.97 Å². The zero-order chi connectivity index (χ0) is 16.7.